The summed E-state index contributed by atoms with van der Waals surface area (Å²) in [6.45, 7) is 0. The Labute approximate surface area is 83.7 Å². The van der Waals surface area contributed by atoms with Crippen LogP contribution in [0.25, 0.3) is 10.9 Å². The molecule has 0 spiro atoms. The molecule has 1 aromatic carbocycles. The van der Waals surface area contributed by atoms with Crippen LogP contribution in [0.3, 0.4) is 0 Å². The summed E-state index contributed by atoms with van der Waals surface area (Å²) in [6.07, 6.45) is -2.88. The lowest BCUT2D eigenvalue weighted by Gasteiger charge is -2.09. The van der Waals surface area contributed by atoms with Crippen LogP contribution in [0.4, 0.5) is 13.2 Å². The lowest BCUT2D eigenvalue weighted by molar-refractivity contribution is -0.136. The zero-order valence-corrected chi connectivity index (χ0v) is 7.85. The van der Waals surface area contributed by atoms with Gasteiger partial charge in [-0.3, -0.25) is 0 Å². The molecule has 2 nitrogen and oxygen atoms in total. The Kier molecular flexibility index (Phi) is 2.10. The van der Waals surface area contributed by atoms with Gasteiger partial charge >= 0.3 is 6.18 Å². The van der Waals surface area contributed by atoms with Crippen molar-refractivity contribution in [2.24, 2.45) is 0 Å². The molecule has 80 valence electrons. The first-order valence-electron chi connectivity index (χ1n) is 4.25. The van der Waals surface area contributed by atoms with Crippen LogP contribution in [0.5, 0.6) is 5.75 Å². The van der Waals surface area contributed by atoms with E-state index in [2.05, 4.69) is 4.98 Å². The highest BCUT2D eigenvalue weighted by Crippen LogP contribution is 2.37. The van der Waals surface area contributed by atoms with Gasteiger partial charge in [-0.1, -0.05) is 0 Å². The molecule has 0 bridgehead atoms. The molecule has 0 atom stereocenters. The summed E-state index contributed by atoms with van der Waals surface area (Å²) >= 11 is 0. The van der Waals surface area contributed by atoms with Gasteiger partial charge in [-0.2, -0.15) is 13.2 Å². The number of alkyl halides is 3. The maximum Gasteiger partial charge on any atom is 0.417 e. The van der Waals surface area contributed by atoms with Gasteiger partial charge in [0.05, 0.1) is 18.2 Å². The quantitative estimate of drug-likeness (QED) is 0.776. The number of rotatable bonds is 1. The Morgan fingerprint density at radius 3 is 2.53 bits per heavy atom. The number of H-pyrrole nitrogens is 1. The number of ether oxygens (including phenoxy) is 1. The second kappa shape index (κ2) is 3.18. The van der Waals surface area contributed by atoms with Gasteiger partial charge in [-0.25, -0.2) is 0 Å². The van der Waals surface area contributed by atoms with E-state index in [4.69, 9.17) is 4.74 Å². The fourth-order valence-electron chi connectivity index (χ4n) is 1.55. The van der Waals surface area contributed by atoms with Crippen LogP contribution in [0.2, 0.25) is 0 Å². The van der Waals surface area contributed by atoms with Crippen LogP contribution in [0.1, 0.15) is 5.56 Å². The van der Waals surface area contributed by atoms with Crippen LogP contribution in [-0.2, 0) is 6.18 Å². The van der Waals surface area contributed by atoms with E-state index < -0.39 is 11.7 Å². The zero-order chi connectivity index (χ0) is 11.1. The number of hydrogen-bond donors (Lipinski definition) is 1. The number of fused-ring (bicyclic) bond motifs is 1. The Hall–Kier alpha value is -1.65. The molecule has 0 aliphatic heterocycles. The van der Waals surface area contributed by atoms with Crippen LogP contribution in [-0.4, -0.2) is 12.1 Å². The van der Waals surface area contributed by atoms with Crippen LogP contribution < -0.4 is 4.74 Å². The molecule has 0 aliphatic rings. The first-order valence-corrected chi connectivity index (χ1v) is 4.25. The van der Waals surface area contributed by atoms with E-state index in [0.29, 0.717) is 11.3 Å². The fraction of sp³-hybridized carbons (Fsp3) is 0.200. The largest absolute Gasteiger partial charge is 0.495 e. The number of aromatic nitrogens is 1. The van der Waals surface area contributed by atoms with Crippen molar-refractivity contribution in [2.75, 3.05) is 7.11 Å². The SMILES string of the molecule is COc1ccc(C(F)(F)F)c2cc[nH]c12. The molecule has 2 aromatic rings. The highest BCUT2D eigenvalue weighted by Gasteiger charge is 2.33. The van der Waals surface area contributed by atoms with E-state index in [9.17, 15) is 13.2 Å². The summed E-state index contributed by atoms with van der Waals surface area (Å²) in [5, 5.41) is 0.127. The number of methoxy groups -OCH3 is 1. The highest BCUT2D eigenvalue weighted by atomic mass is 19.4. The Morgan fingerprint density at radius 2 is 1.93 bits per heavy atom. The number of halogens is 3. The smallest absolute Gasteiger partial charge is 0.417 e. The molecule has 15 heavy (non-hydrogen) atoms. The lowest BCUT2D eigenvalue weighted by Crippen LogP contribution is -2.05. The predicted octanol–water partition coefficient (Wildman–Crippen LogP) is 3.20. The molecule has 0 saturated carbocycles. The summed E-state index contributed by atoms with van der Waals surface area (Å²) in [5.41, 5.74) is -0.285. The first-order chi connectivity index (χ1) is 7.04. The summed E-state index contributed by atoms with van der Waals surface area (Å²) in [7, 11) is 1.42. The third-order valence-electron chi connectivity index (χ3n) is 2.21. The number of benzene rings is 1. The average Bonchev–Trinajstić information content (AvgIpc) is 2.62. The molecule has 0 saturated heterocycles. The summed E-state index contributed by atoms with van der Waals surface area (Å²) in [4.78, 5) is 2.73. The maximum atomic E-state index is 12.6. The molecule has 1 heterocycles. The monoisotopic (exact) mass is 215 g/mol. The van der Waals surface area contributed by atoms with Gasteiger partial charge in [0.25, 0.3) is 0 Å². The van der Waals surface area contributed by atoms with Crippen LogP contribution >= 0.6 is 0 Å². The predicted molar refractivity (Wildman–Crippen MR) is 49.9 cm³/mol. The molecule has 0 radical (unpaired) electrons. The molecule has 5 heteroatoms. The second-order valence-corrected chi connectivity index (χ2v) is 3.08. The molecule has 0 amide bonds. The van der Waals surface area contributed by atoms with Crippen molar-refractivity contribution in [3.8, 4) is 5.75 Å². The lowest BCUT2D eigenvalue weighted by atomic mass is 10.1. The highest BCUT2D eigenvalue weighted by molar-refractivity contribution is 5.88. The fourth-order valence-corrected chi connectivity index (χ4v) is 1.55. The Morgan fingerprint density at radius 1 is 1.20 bits per heavy atom. The average molecular weight is 215 g/mol. The standard InChI is InChI=1S/C10H8F3NO/c1-15-8-3-2-7(10(11,12)13)6-4-5-14-9(6)8/h2-5,14H,1H3. The van der Waals surface area contributed by atoms with Gasteiger partial charge in [0.15, 0.2) is 0 Å². The van der Waals surface area contributed by atoms with Crippen molar-refractivity contribution in [1.82, 2.24) is 4.98 Å². The molecule has 0 fully saturated rings. The first kappa shape index (κ1) is 9.89. The maximum absolute atomic E-state index is 12.6. The molecule has 1 N–H and O–H groups in total. The van der Waals surface area contributed by atoms with Gasteiger partial charge in [0.2, 0.25) is 0 Å². The van der Waals surface area contributed by atoms with Crippen molar-refractivity contribution < 1.29 is 17.9 Å². The van der Waals surface area contributed by atoms with Crippen molar-refractivity contribution in [3.05, 3.63) is 30.0 Å². The molecule has 0 aliphatic carbocycles. The van der Waals surface area contributed by atoms with Crippen molar-refractivity contribution in [1.29, 1.82) is 0 Å². The third-order valence-corrected chi connectivity index (χ3v) is 2.21. The number of hydrogen-bond acceptors (Lipinski definition) is 1. The van der Waals surface area contributed by atoms with Gasteiger partial charge in [0, 0.05) is 11.6 Å². The Balaban J connectivity index is 2.74. The minimum atomic E-state index is -4.34. The molecular weight excluding hydrogens is 207 g/mol. The van der Waals surface area contributed by atoms with Crippen molar-refractivity contribution in [2.45, 2.75) is 6.18 Å². The van der Waals surface area contributed by atoms with E-state index in [1.54, 1.807) is 0 Å². The van der Waals surface area contributed by atoms with E-state index in [1.165, 1.54) is 25.4 Å². The summed E-state index contributed by atoms with van der Waals surface area (Å²) in [6, 6.07) is 3.72. The second-order valence-electron chi connectivity index (χ2n) is 3.08. The minimum absolute atomic E-state index is 0.127. The molecule has 2 rings (SSSR count). The van der Waals surface area contributed by atoms with Crippen molar-refractivity contribution in [3.63, 3.8) is 0 Å². The van der Waals surface area contributed by atoms with Crippen molar-refractivity contribution >= 4 is 10.9 Å². The number of aromatic amines is 1. The van der Waals surface area contributed by atoms with Gasteiger partial charge < -0.3 is 9.72 Å². The van der Waals surface area contributed by atoms with Crippen LogP contribution in [0.15, 0.2) is 24.4 Å². The number of nitrogens with one attached hydrogen (secondary N) is 1. The topological polar surface area (TPSA) is 25.0 Å². The van der Waals surface area contributed by atoms with Gasteiger partial charge in [-0.05, 0) is 18.2 Å². The molecule has 1 aromatic heterocycles. The Bertz CT molecular complexity index is 487. The molecular formula is C10H8F3NO. The van der Waals surface area contributed by atoms with E-state index in [-0.39, 0.29) is 5.39 Å². The summed E-state index contributed by atoms with van der Waals surface area (Å²) in [5.74, 6) is 0.406. The van der Waals surface area contributed by atoms with Gasteiger partial charge in [-0.15, -0.1) is 0 Å². The van der Waals surface area contributed by atoms with E-state index >= 15 is 0 Å². The van der Waals surface area contributed by atoms with E-state index in [1.807, 2.05) is 0 Å². The van der Waals surface area contributed by atoms with Gasteiger partial charge in [0.1, 0.15) is 5.75 Å². The third kappa shape index (κ3) is 1.54. The summed E-state index contributed by atoms with van der Waals surface area (Å²) < 4.78 is 42.7. The van der Waals surface area contributed by atoms with Crippen LogP contribution in [0, 0.1) is 0 Å². The zero-order valence-electron chi connectivity index (χ0n) is 7.85. The molecule has 0 unspecified atom stereocenters. The minimum Gasteiger partial charge on any atom is -0.495 e. The van der Waals surface area contributed by atoms with E-state index in [0.717, 1.165) is 6.07 Å². The normalized spacial score (nSPS) is 12.0.